The van der Waals surface area contributed by atoms with Crippen molar-refractivity contribution in [1.82, 2.24) is 0 Å². The quantitative estimate of drug-likeness (QED) is 0.809. The van der Waals surface area contributed by atoms with E-state index in [1.165, 1.54) is 0 Å². The van der Waals surface area contributed by atoms with E-state index in [1.54, 1.807) is 54.6 Å². The van der Waals surface area contributed by atoms with E-state index in [9.17, 15) is 13.2 Å². The number of benzene rings is 2. The number of rotatable bonds is 4. The highest BCUT2D eigenvalue weighted by molar-refractivity contribution is 7.93. The lowest BCUT2D eigenvalue weighted by molar-refractivity contribution is 0.0939. The van der Waals surface area contributed by atoms with Gasteiger partial charge in [-0.1, -0.05) is 61.4 Å². The Labute approximate surface area is 130 Å². The summed E-state index contributed by atoms with van der Waals surface area (Å²) >= 11 is 0. The third-order valence-corrected chi connectivity index (χ3v) is 6.94. The van der Waals surface area contributed by atoms with Crippen molar-refractivity contribution in [2.24, 2.45) is 0 Å². The van der Waals surface area contributed by atoms with Gasteiger partial charge in [-0.25, -0.2) is 8.42 Å². The van der Waals surface area contributed by atoms with Crippen molar-refractivity contribution in [3.63, 3.8) is 0 Å². The molecule has 0 aromatic heterocycles. The van der Waals surface area contributed by atoms with Gasteiger partial charge in [0.25, 0.3) is 0 Å². The third-order valence-electron chi connectivity index (χ3n) is 4.43. The van der Waals surface area contributed by atoms with E-state index in [0.29, 0.717) is 18.4 Å². The lowest BCUT2D eigenvalue weighted by Gasteiger charge is -2.27. The summed E-state index contributed by atoms with van der Waals surface area (Å²) in [7, 11) is -3.70. The Morgan fingerprint density at radius 1 is 0.818 bits per heavy atom. The Hall–Kier alpha value is -1.94. The van der Waals surface area contributed by atoms with Crippen LogP contribution in [0.15, 0.2) is 65.6 Å². The van der Waals surface area contributed by atoms with Gasteiger partial charge in [-0.05, 0) is 25.0 Å². The average Bonchev–Trinajstić information content (AvgIpc) is 3.07. The second-order valence-electron chi connectivity index (χ2n) is 5.71. The van der Waals surface area contributed by atoms with Crippen molar-refractivity contribution in [2.75, 3.05) is 0 Å². The highest BCUT2D eigenvalue weighted by Crippen LogP contribution is 2.42. The molecule has 0 N–H and O–H groups in total. The van der Waals surface area contributed by atoms with Crippen LogP contribution in [0.1, 0.15) is 36.0 Å². The summed E-state index contributed by atoms with van der Waals surface area (Å²) in [6.07, 6.45) is 2.34. The SMILES string of the molecule is O=C(c1ccccc1)C1(S(=O)(=O)c2ccccc2)CCCC1. The van der Waals surface area contributed by atoms with Crippen LogP contribution >= 0.6 is 0 Å². The summed E-state index contributed by atoms with van der Waals surface area (Å²) in [5.41, 5.74) is 0.476. The molecule has 22 heavy (non-hydrogen) atoms. The van der Waals surface area contributed by atoms with E-state index >= 15 is 0 Å². The maximum Gasteiger partial charge on any atom is 0.191 e. The molecule has 4 heteroatoms. The molecule has 114 valence electrons. The third kappa shape index (κ3) is 2.28. The van der Waals surface area contributed by atoms with E-state index in [4.69, 9.17) is 0 Å². The minimum Gasteiger partial charge on any atom is -0.292 e. The van der Waals surface area contributed by atoms with Gasteiger partial charge < -0.3 is 0 Å². The molecule has 0 saturated heterocycles. The second kappa shape index (κ2) is 5.69. The van der Waals surface area contributed by atoms with Gasteiger partial charge in [0, 0.05) is 5.56 Å². The minimum atomic E-state index is -3.70. The highest BCUT2D eigenvalue weighted by atomic mass is 32.2. The molecule has 1 saturated carbocycles. The smallest absolute Gasteiger partial charge is 0.191 e. The first-order valence-electron chi connectivity index (χ1n) is 7.47. The number of Topliss-reactive ketones (excluding diaryl/α,β-unsaturated/α-hetero) is 1. The van der Waals surface area contributed by atoms with Crippen LogP contribution in [-0.4, -0.2) is 18.9 Å². The van der Waals surface area contributed by atoms with Gasteiger partial charge in [0.1, 0.15) is 4.75 Å². The maximum atomic E-state index is 13.2. The molecule has 1 aliphatic rings. The van der Waals surface area contributed by atoms with E-state index in [1.807, 2.05) is 6.07 Å². The Balaban J connectivity index is 2.12. The summed E-state index contributed by atoms with van der Waals surface area (Å²) in [6, 6.07) is 17.1. The molecule has 0 aliphatic heterocycles. The lowest BCUT2D eigenvalue weighted by atomic mass is 9.95. The molecule has 1 fully saturated rings. The van der Waals surface area contributed by atoms with Crippen molar-refractivity contribution >= 4 is 15.6 Å². The van der Waals surface area contributed by atoms with Gasteiger partial charge in [-0.2, -0.15) is 0 Å². The van der Waals surface area contributed by atoms with Crippen LogP contribution in [0.25, 0.3) is 0 Å². The lowest BCUT2D eigenvalue weighted by Crippen LogP contribution is -2.44. The first-order chi connectivity index (χ1) is 10.6. The van der Waals surface area contributed by atoms with Gasteiger partial charge in [0.2, 0.25) is 0 Å². The van der Waals surface area contributed by atoms with Crippen molar-refractivity contribution in [2.45, 2.75) is 35.3 Å². The molecule has 2 aromatic rings. The Morgan fingerprint density at radius 2 is 1.32 bits per heavy atom. The van der Waals surface area contributed by atoms with Crippen LogP contribution in [-0.2, 0) is 9.84 Å². The first kappa shape index (κ1) is 15.0. The zero-order valence-electron chi connectivity index (χ0n) is 12.2. The Kier molecular flexibility index (Phi) is 3.87. The van der Waals surface area contributed by atoms with Crippen molar-refractivity contribution < 1.29 is 13.2 Å². The molecule has 0 radical (unpaired) electrons. The zero-order chi connectivity index (χ0) is 15.6. The summed E-state index contributed by atoms with van der Waals surface area (Å²) in [5, 5.41) is 0. The molecule has 3 nitrogen and oxygen atoms in total. The van der Waals surface area contributed by atoms with Crippen LogP contribution in [0.5, 0.6) is 0 Å². The fourth-order valence-corrected chi connectivity index (χ4v) is 5.40. The molecule has 0 bridgehead atoms. The summed E-state index contributed by atoms with van der Waals surface area (Å²) in [6.45, 7) is 0. The normalized spacial score (nSPS) is 17.3. The van der Waals surface area contributed by atoms with Gasteiger partial charge >= 0.3 is 0 Å². The molecule has 1 aliphatic carbocycles. The first-order valence-corrected chi connectivity index (χ1v) is 8.96. The van der Waals surface area contributed by atoms with Gasteiger partial charge in [0.15, 0.2) is 15.6 Å². The van der Waals surface area contributed by atoms with Crippen LogP contribution in [0.4, 0.5) is 0 Å². The second-order valence-corrected chi connectivity index (χ2v) is 7.97. The number of carbonyl (C=O) groups is 1. The molecule has 0 spiro atoms. The highest BCUT2D eigenvalue weighted by Gasteiger charge is 2.52. The summed E-state index contributed by atoms with van der Waals surface area (Å²) in [5.74, 6) is -0.269. The van der Waals surface area contributed by atoms with Gasteiger partial charge in [-0.15, -0.1) is 0 Å². The fraction of sp³-hybridized carbons (Fsp3) is 0.278. The van der Waals surface area contributed by atoms with Gasteiger partial charge in [0.05, 0.1) is 4.90 Å². The van der Waals surface area contributed by atoms with Crippen molar-refractivity contribution in [3.8, 4) is 0 Å². The van der Waals surface area contributed by atoms with E-state index in [-0.39, 0.29) is 10.7 Å². The van der Waals surface area contributed by atoms with Crippen LogP contribution in [0, 0.1) is 0 Å². The Bertz CT molecular complexity index is 758. The van der Waals surface area contributed by atoms with Crippen LogP contribution in [0.3, 0.4) is 0 Å². The molecule has 0 atom stereocenters. The van der Waals surface area contributed by atoms with Crippen molar-refractivity contribution in [3.05, 3.63) is 66.2 Å². The number of ketones is 1. The Morgan fingerprint density at radius 3 is 1.86 bits per heavy atom. The number of hydrogen-bond acceptors (Lipinski definition) is 3. The predicted molar refractivity (Wildman–Crippen MR) is 85.6 cm³/mol. The molecular formula is C18H18O3S. The predicted octanol–water partition coefficient (Wildman–Crippen LogP) is 3.66. The number of carbonyl (C=O) groups excluding carboxylic acids is 1. The molecular weight excluding hydrogens is 296 g/mol. The maximum absolute atomic E-state index is 13.2. The molecule has 0 unspecified atom stereocenters. The van der Waals surface area contributed by atoms with Gasteiger partial charge in [-0.3, -0.25) is 4.79 Å². The summed E-state index contributed by atoms with van der Waals surface area (Å²) in [4.78, 5) is 13.2. The number of sulfone groups is 1. The van der Waals surface area contributed by atoms with E-state index in [2.05, 4.69) is 0 Å². The fourth-order valence-electron chi connectivity index (χ4n) is 3.24. The monoisotopic (exact) mass is 314 g/mol. The summed E-state index contributed by atoms with van der Waals surface area (Å²) < 4.78 is 25.0. The van der Waals surface area contributed by atoms with Crippen LogP contribution < -0.4 is 0 Å². The largest absolute Gasteiger partial charge is 0.292 e. The topological polar surface area (TPSA) is 51.2 Å². The molecule has 0 heterocycles. The van der Waals surface area contributed by atoms with E-state index in [0.717, 1.165) is 12.8 Å². The van der Waals surface area contributed by atoms with Crippen molar-refractivity contribution in [1.29, 1.82) is 0 Å². The average molecular weight is 314 g/mol. The number of hydrogen-bond donors (Lipinski definition) is 0. The van der Waals surface area contributed by atoms with Crippen LogP contribution in [0.2, 0.25) is 0 Å². The zero-order valence-corrected chi connectivity index (χ0v) is 13.1. The van der Waals surface area contributed by atoms with E-state index < -0.39 is 14.6 Å². The standard InChI is InChI=1S/C18H18O3S/c19-17(15-9-3-1-4-10-15)18(13-7-8-14-18)22(20,21)16-11-5-2-6-12-16/h1-6,9-12H,7-8,13-14H2. The molecule has 3 rings (SSSR count). The molecule has 2 aromatic carbocycles. The molecule has 0 amide bonds. The minimum absolute atomic E-state index is 0.237.